The molecular weight excluding hydrogens is 255 g/mol. The van der Waals surface area contributed by atoms with Crippen LogP contribution >= 0.6 is 0 Å². The van der Waals surface area contributed by atoms with E-state index in [9.17, 15) is 4.39 Å². The van der Waals surface area contributed by atoms with Crippen LogP contribution in [0.3, 0.4) is 0 Å². The van der Waals surface area contributed by atoms with Gasteiger partial charge >= 0.3 is 0 Å². The molecule has 5 heteroatoms. The van der Waals surface area contributed by atoms with Crippen molar-refractivity contribution in [3.8, 4) is 0 Å². The smallest absolute Gasteiger partial charge is 0.225 e. The number of hydrogen-bond donors (Lipinski definition) is 1. The van der Waals surface area contributed by atoms with Gasteiger partial charge in [-0.1, -0.05) is 6.92 Å². The zero-order valence-electron chi connectivity index (χ0n) is 12.3. The summed E-state index contributed by atoms with van der Waals surface area (Å²) in [5, 5.41) is 3.47. The van der Waals surface area contributed by atoms with Crippen molar-refractivity contribution in [2.75, 3.05) is 18.0 Å². The minimum Gasteiger partial charge on any atom is -0.338 e. The molecule has 0 aromatic carbocycles. The van der Waals surface area contributed by atoms with Gasteiger partial charge in [-0.3, -0.25) is 0 Å². The van der Waals surface area contributed by atoms with Crippen molar-refractivity contribution in [2.24, 2.45) is 0 Å². The fourth-order valence-corrected chi connectivity index (χ4v) is 2.74. The van der Waals surface area contributed by atoms with E-state index in [1.54, 1.807) is 0 Å². The van der Waals surface area contributed by atoms with E-state index < -0.39 is 6.17 Å². The van der Waals surface area contributed by atoms with E-state index in [4.69, 9.17) is 0 Å². The molecular formula is C15H23FN4. The second-order valence-electron chi connectivity index (χ2n) is 6.24. The predicted octanol–water partition coefficient (Wildman–Crippen LogP) is 2.10. The molecule has 2 heterocycles. The highest BCUT2D eigenvalue weighted by molar-refractivity contribution is 5.32. The normalized spacial score (nSPS) is 30.6. The van der Waals surface area contributed by atoms with Crippen LogP contribution in [0.4, 0.5) is 10.3 Å². The molecule has 2 atom stereocenters. The molecule has 3 rings (SSSR count). The number of aromatic nitrogens is 2. The van der Waals surface area contributed by atoms with Crippen molar-refractivity contribution in [3.05, 3.63) is 18.0 Å². The number of nitrogens with one attached hydrogen (secondary N) is 1. The van der Waals surface area contributed by atoms with E-state index >= 15 is 0 Å². The van der Waals surface area contributed by atoms with E-state index in [0.29, 0.717) is 18.5 Å². The van der Waals surface area contributed by atoms with Crippen molar-refractivity contribution >= 4 is 5.95 Å². The standard InChI is InChI=1S/C15H23FN4/c1-3-11-8-17-14(18-9-11)20-7-6-15(2,13(16)10-20)19-12-4-5-12/h8-9,12-13,19H,3-7,10H2,1-2H3. The quantitative estimate of drug-likeness (QED) is 0.915. The summed E-state index contributed by atoms with van der Waals surface area (Å²) in [7, 11) is 0. The Balaban J connectivity index is 1.65. The lowest BCUT2D eigenvalue weighted by Crippen LogP contribution is -2.60. The van der Waals surface area contributed by atoms with E-state index in [1.807, 2.05) is 24.2 Å². The topological polar surface area (TPSA) is 41.1 Å². The molecule has 20 heavy (non-hydrogen) atoms. The lowest BCUT2D eigenvalue weighted by Gasteiger charge is -2.42. The van der Waals surface area contributed by atoms with Crippen LogP contribution in [0, 0.1) is 0 Å². The van der Waals surface area contributed by atoms with Crippen LogP contribution in [0.1, 0.15) is 38.7 Å². The summed E-state index contributed by atoms with van der Waals surface area (Å²) < 4.78 is 14.5. The highest BCUT2D eigenvalue weighted by Gasteiger charge is 2.43. The predicted molar refractivity (Wildman–Crippen MR) is 77.7 cm³/mol. The Morgan fingerprint density at radius 1 is 1.40 bits per heavy atom. The molecule has 1 saturated heterocycles. The largest absolute Gasteiger partial charge is 0.338 e. The van der Waals surface area contributed by atoms with Gasteiger partial charge in [-0.15, -0.1) is 0 Å². The number of rotatable bonds is 4. The van der Waals surface area contributed by atoms with Gasteiger partial charge in [0.2, 0.25) is 5.95 Å². The van der Waals surface area contributed by atoms with E-state index in [1.165, 1.54) is 12.8 Å². The molecule has 2 unspecified atom stereocenters. The first-order valence-electron chi connectivity index (χ1n) is 7.58. The van der Waals surface area contributed by atoms with E-state index in [2.05, 4.69) is 22.2 Å². The van der Waals surface area contributed by atoms with Crippen LogP contribution in [-0.4, -0.2) is 40.8 Å². The van der Waals surface area contributed by atoms with Crippen LogP contribution in [0.5, 0.6) is 0 Å². The summed E-state index contributed by atoms with van der Waals surface area (Å²) in [6, 6.07) is 0.532. The molecule has 0 spiro atoms. The van der Waals surface area contributed by atoms with Crippen LogP contribution < -0.4 is 10.2 Å². The van der Waals surface area contributed by atoms with Gasteiger partial charge in [0.15, 0.2) is 0 Å². The molecule has 0 bridgehead atoms. The second-order valence-corrected chi connectivity index (χ2v) is 6.24. The van der Waals surface area contributed by atoms with Crippen molar-refractivity contribution in [3.63, 3.8) is 0 Å². The van der Waals surface area contributed by atoms with Gasteiger partial charge in [0.25, 0.3) is 0 Å². The van der Waals surface area contributed by atoms with Crippen LogP contribution in [0.2, 0.25) is 0 Å². The summed E-state index contributed by atoms with van der Waals surface area (Å²) in [5.41, 5.74) is 0.726. The maximum absolute atomic E-state index is 14.5. The number of hydrogen-bond acceptors (Lipinski definition) is 4. The number of alkyl halides is 1. The Labute approximate surface area is 119 Å². The number of aryl methyl sites for hydroxylation is 1. The molecule has 4 nitrogen and oxygen atoms in total. The Hall–Kier alpha value is -1.23. The van der Waals surface area contributed by atoms with Gasteiger partial charge in [-0.05, 0) is 38.2 Å². The van der Waals surface area contributed by atoms with Crippen LogP contribution in [0.15, 0.2) is 12.4 Å². The third-order valence-corrected chi connectivity index (χ3v) is 4.47. The third kappa shape index (κ3) is 2.77. The third-order valence-electron chi connectivity index (χ3n) is 4.47. The van der Waals surface area contributed by atoms with Gasteiger partial charge in [-0.25, -0.2) is 14.4 Å². The average Bonchev–Trinajstić information content (AvgIpc) is 3.26. The lowest BCUT2D eigenvalue weighted by molar-refractivity contribution is 0.134. The van der Waals surface area contributed by atoms with Crippen LogP contribution in [0.25, 0.3) is 0 Å². The molecule has 1 aromatic rings. The molecule has 1 aromatic heterocycles. The Kier molecular flexibility index (Phi) is 3.63. The van der Waals surface area contributed by atoms with Gasteiger partial charge in [0.05, 0.1) is 12.1 Å². The summed E-state index contributed by atoms with van der Waals surface area (Å²) in [5.74, 6) is 0.651. The zero-order valence-corrected chi connectivity index (χ0v) is 12.3. The number of nitrogens with zero attached hydrogens (tertiary/aromatic N) is 3. The first-order valence-corrected chi connectivity index (χ1v) is 7.58. The van der Waals surface area contributed by atoms with E-state index in [0.717, 1.165) is 24.9 Å². The first-order chi connectivity index (χ1) is 9.60. The second kappa shape index (κ2) is 5.28. The van der Waals surface area contributed by atoms with Crippen molar-refractivity contribution in [2.45, 2.75) is 57.3 Å². The molecule has 1 saturated carbocycles. The summed E-state index contributed by atoms with van der Waals surface area (Å²) >= 11 is 0. The van der Waals surface area contributed by atoms with Crippen molar-refractivity contribution < 1.29 is 4.39 Å². The van der Waals surface area contributed by atoms with Gasteiger partial charge in [-0.2, -0.15) is 0 Å². The van der Waals surface area contributed by atoms with Crippen LogP contribution in [-0.2, 0) is 6.42 Å². The van der Waals surface area contributed by atoms with Gasteiger partial charge in [0.1, 0.15) is 6.17 Å². The molecule has 1 aliphatic carbocycles. The summed E-state index contributed by atoms with van der Waals surface area (Å²) in [4.78, 5) is 10.7. The highest BCUT2D eigenvalue weighted by atomic mass is 19.1. The zero-order chi connectivity index (χ0) is 14.2. The minimum absolute atomic E-state index is 0.377. The van der Waals surface area contributed by atoms with Gasteiger partial charge < -0.3 is 10.2 Å². The average molecular weight is 278 g/mol. The van der Waals surface area contributed by atoms with E-state index in [-0.39, 0.29) is 5.54 Å². The minimum atomic E-state index is -0.883. The lowest BCUT2D eigenvalue weighted by atomic mass is 9.87. The molecule has 2 fully saturated rings. The molecule has 0 amide bonds. The van der Waals surface area contributed by atoms with Crippen molar-refractivity contribution in [1.29, 1.82) is 0 Å². The number of halogens is 1. The maximum atomic E-state index is 14.5. The summed E-state index contributed by atoms with van der Waals surface area (Å²) in [6.07, 6.45) is 6.89. The highest BCUT2D eigenvalue weighted by Crippen LogP contribution is 2.31. The fourth-order valence-electron chi connectivity index (χ4n) is 2.74. The Morgan fingerprint density at radius 3 is 2.65 bits per heavy atom. The molecule has 0 radical (unpaired) electrons. The molecule has 2 aliphatic rings. The van der Waals surface area contributed by atoms with Gasteiger partial charge in [0, 0.05) is 25.0 Å². The number of piperidine rings is 1. The molecule has 1 aliphatic heterocycles. The monoisotopic (exact) mass is 278 g/mol. The Morgan fingerprint density at radius 2 is 2.10 bits per heavy atom. The number of anilines is 1. The SMILES string of the molecule is CCc1cnc(N2CCC(C)(NC3CC3)C(F)C2)nc1. The molecule has 110 valence electrons. The summed E-state index contributed by atoms with van der Waals surface area (Å²) in [6.45, 7) is 5.27. The maximum Gasteiger partial charge on any atom is 0.225 e. The van der Waals surface area contributed by atoms with Crippen molar-refractivity contribution in [1.82, 2.24) is 15.3 Å². The molecule has 1 N–H and O–H groups in total. The Bertz CT molecular complexity index is 459. The first kappa shape index (κ1) is 13.7. The fraction of sp³-hybridized carbons (Fsp3) is 0.733.